The molecule has 26 heavy (non-hydrogen) atoms. The number of imidazole rings is 1. The molecule has 1 aromatic carbocycles. The number of anilines is 1. The van der Waals surface area contributed by atoms with Crippen LogP contribution in [-0.4, -0.2) is 15.3 Å². The van der Waals surface area contributed by atoms with Crippen molar-refractivity contribution in [2.45, 2.75) is 13.5 Å². The standard InChI is InChI=1S/C20H17N3O2S/c1-14-8-9-18(26-14)20(24)22-15-5-4-6-17(11-15)25-13-16-12-23-10-3-2-7-19(23)21-16/h2-12H,13H2,1H3,(H,22,24). The van der Waals surface area contributed by atoms with Crippen LogP contribution in [0.25, 0.3) is 5.65 Å². The number of nitrogens with zero attached hydrogens (tertiary/aromatic N) is 2. The minimum absolute atomic E-state index is 0.111. The zero-order valence-corrected chi connectivity index (χ0v) is 15.0. The van der Waals surface area contributed by atoms with E-state index in [1.807, 2.05) is 78.3 Å². The predicted molar refractivity (Wildman–Crippen MR) is 103 cm³/mol. The second kappa shape index (κ2) is 7.01. The minimum atomic E-state index is -0.111. The summed E-state index contributed by atoms with van der Waals surface area (Å²) in [4.78, 5) is 18.6. The van der Waals surface area contributed by atoms with E-state index >= 15 is 0 Å². The Morgan fingerprint density at radius 1 is 1.19 bits per heavy atom. The highest BCUT2D eigenvalue weighted by atomic mass is 32.1. The Morgan fingerprint density at radius 3 is 2.92 bits per heavy atom. The Labute approximate surface area is 154 Å². The number of fused-ring (bicyclic) bond motifs is 1. The number of hydrogen-bond donors (Lipinski definition) is 1. The molecule has 0 atom stereocenters. The molecule has 0 spiro atoms. The average molecular weight is 363 g/mol. The number of ether oxygens (including phenoxy) is 1. The highest BCUT2D eigenvalue weighted by molar-refractivity contribution is 7.14. The van der Waals surface area contributed by atoms with Crippen molar-refractivity contribution in [2.75, 3.05) is 5.32 Å². The maximum absolute atomic E-state index is 12.3. The van der Waals surface area contributed by atoms with Crippen LogP contribution >= 0.6 is 11.3 Å². The van der Waals surface area contributed by atoms with E-state index in [1.54, 1.807) is 0 Å². The molecule has 3 heterocycles. The second-order valence-corrected chi connectivity index (χ2v) is 7.17. The van der Waals surface area contributed by atoms with E-state index < -0.39 is 0 Å². The molecule has 0 aliphatic rings. The molecule has 4 rings (SSSR count). The van der Waals surface area contributed by atoms with Gasteiger partial charge in [0.05, 0.1) is 10.6 Å². The molecule has 3 aromatic heterocycles. The third-order valence-corrected chi connectivity index (χ3v) is 4.86. The summed E-state index contributed by atoms with van der Waals surface area (Å²) in [6, 6.07) is 17.0. The first-order valence-corrected chi connectivity index (χ1v) is 9.02. The number of hydrogen-bond acceptors (Lipinski definition) is 4. The van der Waals surface area contributed by atoms with E-state index in [4.69, 9.17) is 4.74 Å². The van der Waals surface area contributed by atoms with E-state index in [0.717, 1.165) is 16.2 Å². The summed E-state index contributed by atoms with van der Waals surface area (Å²) in [6.07, 6.45) is 3.90. The van der Waals surface area contributed by atoms with Gasteiger partial charge >= 0.3 is 0 Å². The van der Waals surface area contributed by atoms with Gasteiger partial charge in [-0.15, -0.1) is 11.3 Å². The van der Waals surface area contributed by atoms with Crippen molar-refractivity contribution in [2.24, 2.45) is 0 Å². The lowest BCUT2D eigenvalue weighted by Gasteiger charge is -2.08. The molecule has 6 heteroatoms. The van der Waals surface area contributed by atoms with Crippen molar-refractivity contribution in [3.63, 3.8) is 0 Å². The second-order valence-electron chi connectivity index (χ2n) is 5.88. The van der Waals surface area contributed by atoms with Crippen molar-refractivity contribution in [3.8, 4) is 5.75 Å². The largest absolute Gasteiger partial charge is 0.487 e. The van der Waals surface area contributed by atoms with Gasteiger partial charge in [0.15, 0.2) is 0 Å². The van der Waals surface area contributed by atoms with Gasteiger partial charge in [-0.3, -0.25) is 4.79 Å². The first-order valence-electron chi connectivity index (χ1n) is 8.21. The highest BCUT2D eigenvalue weighted by Crippen LogP contribution is 2.21. The molecular weight excluding hydrogens is 346 g/mol. The Hall–Kier alpha value is -3.12. The molecule has 0 unspecified atom stereocenters. The summed E-state index contributed by atoms with van der Waals surface area (Å²) in [5.41, 5.74) is 2.44. The van der Waals surface area contributed by atoms with Crippen LogP contribution < -0.4 is 10.1 Å². The van der Waals surface area contributed by atoms with Crippen LogP contribution in [0.4, 0.5) is 5.69 Å². The Kier molecular flexibility index (Phi) is 4.41. The fourth-order valence-electron chi connectivity index (χ4n) is 2.63. The summed E-state index contributed by atoms with van der Waals surface area (Å²) in [7, 11) is 0. The monoisotopic (exact) mass is 363 g/mol. The molecule has 0 radical (unpaired) electrons. The fraction of sp³-hybridized carbons (Fsp3) is 0.100. The molecular formula is C20H17N3O2S. The molecule has 1 N–H and O–H groups in total. The van der Waals surface area contributed by atoms with Crippen LogP contribution in [0.5, 0.6) is 5.75 Å². The zero-order chi connectivity index (χ0) is 17.9. The lowest BCUT2D eigenvalue weighted by molar-refractivity contribution is 0.103. The van der Waals surface area contributed by atoms with Gasteiger partial charge in [-0.05, 0) is 43.3 Å². The predicted octanol–water partition coefficient (Wildman–Crippen LogP) is 4.54. The quantitative estimate of drug-likeness (QED) is 0.566. The summed E-state index contributed by atoms with van der Waals surface area (Å²) in [6.45, 7) is 2.35. The number of amides is 1. The molecule has 0 fully saturated rings. The van der Waals surface area contributed by atoms with Crippen LogP contribution in [0.3, 0.4) is 0 Å². The Morgan fingerprint density at radius 2 is 2.12 bits per heavy atom. The molecule has 0 aliphatic carbocycles. The number of carbonyl (C=O) groups excluding carboxylic acids is 1. The van der Waals surface area contributed by atoms with Crippen LogP contribution in [0.1, 0.15) is 20.2 Å². The molecule has 0 saturated carbocycles. The average Bonchev–Trinajstić information content (AvgIpc) is 3.26. The zero-order valence-electron chi connectivity index (χ0n) is 14.2. The first kappa shape index (κ1) is 16.4. The van der Waals surface area contributed by atoms with E-state index in [2.05, 4.69) is 10.3 Å². The number of carbonyl (C=O) groups is 1. The number of aryl methyl sites for hydroxylation is 1. The molecule has 4 aromatic rings. The molecule has 130 valence electrons. The van der Waals surface area contributed by atoms with Crippen LogP contribution in [0.2, 0.25) is 0 Å². The minimum Gasteiger partial charge on any atom is -0.487 e. The van der Waals surface area contributed by atoms with Crippen molar-refractivity contribution >= 4 is 28.6 Å². The van der Waals surface area contributed by atoms with Gasteiger partial charge in [-0.1, -0.05) is 12.1 Å². The summed E-state index contributed by atoms with van der Waals surface area (Å²) < 4.78 is 7.79. The number of thiophene rings is 1. The van der Waals surface area contributed by atoms with Gasteiger partial charge in [-0.25, -0.2) is 4.98 Å². The van der Waals surface area contributed by atoms with Gasteiger partial charge in [-0.2, -0.15) is 0 Å². The Bertz CT molecular complexity index is 1030. The molecule has 0 bridgehead atoms. The summed E-state index contributed by atoms with van der Waals surface area (Å²) in [5.74, 6) is 0.572. The highest BCUT2D eigenvalue weighted by Gasteiger charge is 2.09. The van der Waals surface area contributed by atoms with Crippen molar-refractivity contribution in [1.29, 1.82) is 0 Å². The summed E-state index contributed by atoms with van der Waals surface area (Å²) >= 11 is 1.47. The van der Waals surface area contributed by atoms with Crippen molar-refractivity contribution in [3.05, 3.63) is 82.4 Å². The van der Waals surface area contributed by atoms with Crippen LogP contribution in [0.15, 0.2) is 67.0 Å². The van der Waals surface area contributed by atoms with Gasteiger partial charge in [0.25, 0.3) is 5.91 Å². The normalized spacial score (nSPS) is 10.8. The van der Waals surface area contributed by atoms with Gasteiger partial charge in [0.1, 0.15) is 18.0 Å². The molecule has 1 amide bonds. The van der Waals surface area contributed by atoms with Crippen LogP contribution in [0, 0.1) is 6.92 Å². The molecule has 0 aliphatic heterocycles. The van der Waals surface area contributed by atoms with Gasteiger partial charge in [0.2, 0.25) is 0 Å². The third kappa shape index (κ3) is 3.60. The third-order valence-electron chi connectivity index (χ3n) is 3.86. The van der Waals surface area contributed by atoms with E-state index in [1.165, 1.54) is 11.3 Å². The molecule has 0 saturated heterocycles. The van der Waals surface area contributed by atoms with Gasteiger partial charge in [0, 0.05) is 29.0 Å². The van der Waals surface area contributed by atoms with Crippen molar-refractivity contribution < 1.29 is 9.53 Å². The maximum atomic E-state index is 12.3. The topological polar surface area (TPSA) is 55.6 Å². The Balaban J connectivity index is 1.43. The van der Waals surface area contributed by atoms with E-state index in [0.29, 0.717) is 22.9 Å². The maximum Gasteiger partial charge on any atom is 0.265 e. The van der Waals surface area contributed by atoms with Gasteiger partial charge < -0.3 is 14.5 Å². The number of nitrogens with one attached hydrogen (secondary N) is 1. The van der Waals surface area contributed by atoms with E-state index in [-0.39, 0.29) is 5.91 Å². The number of aromatic nitrogens is 2. The van der Waals surface area contributed by atoms with Crippen molar-refractivity contribution in [1.82, 2.24) is 9.38 Å². The lowest BCUT2D eigenvalue weighted by atomic mass is 10.3. The van der Waals surface area contributed by atoms with Crippen LogP contribution in [-0.2, 0) is 6.61 Å². The number of pyridine rings is 1. The number of benzene rings is 1. The summed E-state index contributed by atoms with van der Waals surface area (Å²) in [5, 5.41) is 2.90. The fourth-order valence-corrected chi connectivity index (χ4v) is 3.39. The number of rotatable bonds is 5. The smallest absolute Gasteiger partial charge is 0.265 e. The first-order chi connectivity index (χ1) is 12.7. The lowest BCUT2D eigenvalue weighted by Crippen LogP contribution is -2.10. The van der Waals surface area contributed by atoms with E-state index in [9.17, 15) is 4.79 Å². The SMILES string of the molecule is Cc1ccc(C(=O)Nc2cccc(OCc3cn4ccccc4n3)c2)s1. The molecule has 5 nitrogen and oxygen atoms in total.